The second-order valence-electron chi connectivity index (χ2n) is 2.92. The minimum atomic E-state index is -1.58. The number of hydrogen-bond donors (Lipinski definition) is 4. The maximum Gasteiger partial charge on any atom is 0.181 e. The van der Waals surface area contributed by atoms with Crippen LogP contribution in [0.4, 0.5) is 0 Å². The molecule has 0 radical (unpaired) electrons. The number of aliphatic hydroxyl groups excluding tert-OH is 4. The van der Waals surface area contributed by atoms with E-state index >= 15 is 0 Å². The van der Waals surface area contributed by atoms with Gasteiger partial charge < -0.3 is 25.2 Å². The Morgan fingerprint density at radius 1 is 1.29 bits per heavy atom. The quantitative estimate of drug-likeness (QED) is 0.237. The predicted octanol–water partition coefficient (Wildman–Crippen LogP) is -1.90. The molecule has 8 heteroatoms. The van der Waals surface area contributed by atoms with E-state index in [1.165, 1.54) is 0 Å². The molecular weight excluding hydrogens is 194 g/mol. The van der Waals surface area contributed by atoms with Crippen LogP contribution in [0.2, 0.25) is 0 Å². The molecule has 14 heavy (non-hydrogen) atoms. The fourth-order valence-electron chi connectivity index (χ4n) is 1.28. The molecule has 5 atom stereocenters. The lowest BCUT2D eigenvalue weighted by Crippen LogP contribution is -2.57. The minimum Gasteiger partial charge on any atom is -0.394 e. The van der Waals surface area contributed by atoms with Crippen LogP contribution >= 0.6 is 0 Å². The van der Waals surface area contributed by atoms with Gasteiger partial charge in [-0.05, 0) is 5.53 Å². The van der Waals surface area contributed by atoms with Crippen molar-refractivity contribution in [2.75, 3.05) is 6.61 Å². The molecule has 5 unspecified atom stereocenters. The van der Waals surface area contributed by atoms with Gasteiger partial charge in [0.2, 0.25) is 0 Å². The second kappa shape index (κ2) is 4.56. The number of nitrogens with zero attached hydrogens (tertiary/aromatic N) is 3. The van der Waals surface area contributed by atoms with Crippen LogP contribution in [0.5, 0.6) is 0 Å². The number of hydrogen-bond acceptors (Lipinski definition) is 6. The second-order valence-corrected chi connectivity index (χ2v) is 2.92. The molecule has 0 aromatic heterocycles. The third kappa shape index (κ3) is 1.95. The van der Waals surface area contributed by atoms with Crippen LogP contribution in [0, 0.1) is 0 Å². The van der Waals surface area contributed by atoms with Crippen molar-refractivity contribution in [3.63, 3.8) is 0 Å². The van der Waals surface area contributed by atoms with Gasteiger partial charge in [-0.25, -0.2) is 0 Å². The Kier molecular flexibility index (Phi) is 3.64. The van der Waals surface area contributed by atoms with Crippen LogP contribution in [0.1, 0.15) is 0 Å². The summed E-state index contributed by atoms with van der Waals surface area (Å²) in [7, 11) is 0. The van der Waals surface area contributed by atoms with Crippen molar-refractivity contribution >= 4 is 0 Å². The molecule has 80 valence electrons. The molecule has 0 aromatic rings. The molecule has 1 rings (SSSR count). The summed E-state index contributed by atoms with van der Waals surface area (Å²) < 4.78 is 4.66. The van der Waals surface area contributed by atoms with E-state index in [1.807, 2.05) is 0 Å². The highest BCUT2D eigenvalue weighted by Crippen LogP contribution is 2.22. The molecule has 0 saturated carbocycles. The van der Waals surface area contributed by atoms with Gasteiger partial charge >= 0.3 is 0 Å². The lowest BCUT2D eigenvalue weighted by molar-refractivity contribution is -0.258. The van der Waals surface area contributed by atoms with Gasteiger partial charge in [-0.15, -0.1) is 0 Å². The highest BCUT2D eigenvalue weighted by Gasteiger charge is 2.43. The zero-order valence-corrected chi connectivity index (χ0v) is 7.13. The largest absolute Gasteiger partial charge is 0.394 e. The predicted molar refractivity (Wildman–Crippen MR) is 42.9 cm³/mol. The van der Waals surface area contributed by atoms with Crippen LogP contribution in [-0.2, 0) is 4.74 Å². The summed E-state index contributed by atoms with van der Waals surface area (Å²) in [6.45, 7) is -0.539. The number of aliphatic hydroxyl groups is 4. The van der Waals surface area contributed by atoms with Gasteiger partial charge in [-0.3, -0.25) is 0 Å². The maximum atomic E-state index is 9.43. The lowest BCUT2D eigenvalue weighted by atomic mass is 9.97. The minimum absolute atomic E-state index is 0.539. The molecule has 1 fully saturated rings. The smallest absolute Gasteiger partial charge is 0.181 e. The van der Waals surface area contributed by atoms with Crippen molar-refractivity contribution in [3.05, 3.63) is 10.4 Å². The van der Waals surface area contributed by atoms with Crippen LogP contribution in [0.25, 0.3) is 10.4 Å². The SMILES string of the molecule is [N-]=[N+]=NC1C(O)C(O)OC(CO)C1O. The molecule has 0 bridgehead atoms. The van der Waals surface area contributed by atoms with E-state index < -0.39 is 37.3 Å². The highest BCUT2D eigenvalue weighted by molar-refractivity contribution is 4.93. The molecule has 0 amide bonds. The number of rotatable bonds is 2. The third-order valence-corrected chi connectivity index (χ3v) is 2.05. The summed E-state index contributed by atoms with van der Waals surface area (Å²) >= 11 is 0. The van der Waals surface area contributed by atoms with Gasteiger partial charge in [-0.1, -0.05) is 5.11 Å². The van der Waals surface area contributed by atoms with Gasteiger partial charge in [-0.2, -0.15) is 0 Å². The molecule has 8 nitrogen and oxygen atoms in total. The van der Waals surface area contributed by atoms with Crippen molar-refractivity contribution in [1.82, 2.24) is 0 Å². The van der Waals surface area contributed by atoms with Gasteiger partial charge in [0.05, 0.1) is 18.8 Å². The molecule has 0 aromatic carbocycles. The molecule has 1 aliphatic rings. The topological polar surface area (TPSA) is 139 Å². The molecule has 0 spiro atoms. The van der Waals surface area contributed by atoms with Crippen molar-refractivity contribution in [1.29, 1.82) is 0 Å². The lowest BCUT2D eigenvalue weighted by Gasteiger charge is -2.37. The molecule has 1 heterocycles. The molecule has 1 saturated heterocycles. The number of azide groups is 1. The summed E-state index contributed by atoms with van der Waals surface area (Å²) in [5.41, 5.74) is 8.15. The average molecular weight is 205 g/mol. The van der Waals surface area contributed by atoms with E-state index in [0.717, 1.165) is 0 Å². The zero-order valence-electron chi connectivity index (χ0n) is 7.13. The van der Waals surface area contributed by atoms with E-state index in [0.29, 0.717) is 0 Å². The maximum absolute atomic E-state index is 9.43. The average Bonchev–Trinajstić information content (AvgIpc) is 2.18. The molecular formula is C6H11N3O5. The first kappa shape index (κ1) is 11.2. The Bertz CT molecular complexity index is 244. The first-order valence-electron chi connectivity index (χ1n) is 3.96. The first-order valence-corrected chi connectivity index (χ1v) is 3.96. The van der Waals surface area contributed by atoms with Crippen LogP contribution < -0.4 is 0 Å². The Morgan fingerprint density at radius 3 is 2.43 bits per heavy atom. The summed E-state index contributed by atoms with van der Waals surface area (Å²) in [6, 6.07) is -1.22. The van der Waals surface area contributed by atoms with Crippen molar-refractivity contribution < 1.29 is 25.2 Å². The fraction of sp³-hybridized carbons (Fsp3) is 1.00. The zero-order chi connectivity index (χ0) is 10.7. The Labute approximate surface area is 79.0 Å². The first-order chi connectivity index (χ1) is 6.61. The van der Waals surface area contributed by atoms with Gasteiger partial charge in [0.1, 0.15) is 12.2 Å². The Morgan fingerprint density at radius 2 is 1.93 bits per heavy atom. The Balaban J connectivity index is 2.82. The highest BCUT2D eigenvalue weighted by atomic mass is 16.6. The van der Waals surface area contributed by atoms with E-state index in [-0.39, 0.29) is 0 Å². The van der Waals surface area contributed by atoms with Crippen LogP contribution in [0.15, 0.2) is 5.11 Å². The van der Waals surface area contributed by atoms with E-state index in [2.05, 4.69) is 14.8 Å². The van der Waals surface area contributed by atoms with Gasteiger partial charge in [0, 0.05) is 4.91 Å². The van der Waals surface area contributed by atoms with E-state index in [9.17, 15) is 10.2 Å². The molecule has 0 aliphatic carbocycles. The normalized spacial score (nSPS) is 43.0. The van der Waals surface area contributed by atoms with Gasteiger partial charge in [0.25, 0.3) is 0 Å². The Hall–Kier alpha value is -0.890. The summed E-state index contributed by atoms with van der Waals surface area (Å²) in [5.74, 6) is 0. The van der Waals surface area contributed by atoms with Crippen LogP contribution in [0.3, 0.4) is 0 Å². The van der Waals surface area contributed by atoms with E-state index in [1.54, 1.807) is 0 Å². The standard InChI is InChI=1S/C6H11N3O5/c7-9-8-3-4(11)2(1-10)14-6(13)5(3)12/h2-6,10-13H,1H2. The summed E-state index contributed by atoms with van der Waals surface area (Å²) in [5, 5.41) is 39.7. The van der Waals surface area contributed by atoms with Crippen molar-refractivity contribution in [3.8, 4) is 0 Å². The summed E-state index contributed by atoms with van der Waals surface area (Å²) in [4.78, 5) is 2.42. The number of ether oxygens (including phenoxy) is 1. The molecule has 4 N–H and O–H groups in total. The monoisotopic (exact) mass is 205 g/mol. The van der Waals surface area contributed by atoms with Crippen LogP contribution in [-0.4, -0.2) is 57.7 Å². The van der Waals surface area contributed by atoms with E-state index in [4.69, 9.17) is 15.7 Å². The van der Waals surface area contributed by atoms with Crippen molar-refractivity contribution in [2.45, 2.75) is 30.6 Å². The fourth-order valence-corrected chi connectivity index (χ4v) is 1.28. The third-order valence-electron chi connectivity index (χ3n) is 2.05. The van der Waals surface area contributed by atoms with Gasteiger partial charge in [0.15, 0.2) is 6.29 Å². The summed E-state index contributed by atoms with van der Waals surface area (Å²) in [6.07, 6.45) is -5.48. The van der Waals surface area contributed by atoms with Crippen molar-refractivity contribution in [2.24, 2.45) is 5.11 Å². The molecule has 1 aliphatic heterocycles.